The fourth-order valence-electron chi connectivity index (χ4n) is 1.57. The molecule has 86 valence electrons. The number of nitrogens with one attached hydrogen (secondary N) is 1. The minimum atomic E-state index is -0.657. The van der Waals surface area contributed by atoms with Crippen LogP contribution in [0.3, 0.4) is 0 Å². The number of ether oxygens (including phenoxy) is 1. The number of benzene rings is 1. The molecule has 0 aromatic heterocycles. The molecule has 0 fully saturated rings. The zero-order valence-electron chi connectivity index (χ0n) is 9.19. The van der Waals surface area contributed by atoms with Gasteiger partial charge in [-0.15, -0.1) is 0 Å². The molecule has 1 aliphatic rings. The molecule has 0 saturated heterocycles. The summed E-state index contributed by atoms with van der Waals surface area (Å²) in [6, 6.07) is 7.41. The molecule has 1 aliphatic heterocycles. The van der Waals surface area contributed by atoms with Crippen molar-refractivity contribution in [2.75, 3.05) is 7.11 Å². The maximum atomic E-state index is 11.1. The molecule has 0 unspecified atom stereocenters. The third-order valence-electron chi connectivity index (χ3n) is 2.41. The molecule has 0 spiro atoms. The van der Waals surface area contributed by atoms with E-state index in [1.54, 1.807) is 5.94 Å². The predicted molar refractivity (Wildman–Crippen MR) is 62.0 cm³/mol. The van der Waals surface area contributed by atoms with Gasteiger partial charge < -0.3 is 4.74 Å². The summed E-state index contributed by atoms with van der Waals surface area (Å²) in [5.41, 5.74) is 1.98. The third kappa shape index (κ3) is 2.24. The van der Waals surface area contributed by atoms with E-state index in [0.29, 0.717) is 12.0 Å². The molecule has 0 bridgehead atoms. The quantitative estimate of drug-likeness (QED) is 0.685. The first-order chi connectivity index (χ1) is 8.24. The molecule has 5 nitrogen and oxygen atoms in total. The van der Waals surface area contributed by atoms with Crippen molar-refractivity contribution in [3.63, 3.8) is 0 Å². The highest BCUT2D eigenvalue weighted by Crippen LogP contribution is 2.26. The van der Waals surface area contributed by atoms with Gasteiger partial charge in [-0.25, -0.2) is 14.6 Å². The molecule has 1 N–H and O–H groups in total. The second-order valence-electron chi connectivity index (χ2n) is 3.46. The van der Waals surface area contributed by atoms with Gasteiger partial charge in [0.1, 0.15) is 5.94 Å². The van der Waals surface area contributed by atoms with E-state index >= 15 is 0 Å². The van der Waals surface area contributed by atoms with Crippen LogP contribution in [0.1, 0.15) is 5.56 Å². The average Bonchev–Trinajstić information content (AvgIpc) is 2.37. The van der Waals surface area contributed by atoms with Crippen LogP contribution in [0, 0.1) is 0 Å². The Morgan fingerprint density at radius 2 is 2.24 bits per heavy atom. The molecule has 0 radical (unpaired) electrons. The van der Waals surface area contributed by atoms with Gasteiger partial charge in [0.05, 0.1) is 18.4 Å². The molecule has 17 heavy (non-hydrogen) atoms. The van der Waals surface area contributed by atoms with Crippen molar-refractivity contribution in [1.82, 2.24) is 5.32 Å². The van der Waals surface area contributed by atoms with Crippen LogP contribution >= 0.6 is 0 Å². The van der Waals surface area contributed by atoms with E-state index in [2.05, 4.69) is 15.0 Å². The second-order valence-corrected chi connectivity index (χ2v) is 3.46. The van der Waals surface area contributed by atoms with Crippen molar-refractivity contribution in [2.24, 2.45) is 4.99 Å². The number of amides is 1. The largest absolute Gasteiger partial charge is 0.453 e. The predicted octanol–water partition coefficient (Wildman–Crippen LogP) is 1.39. The van der Waals surface area contributed by atoms with Gasteiger partial charge in [0, 0.05) is 6.42 Å². The lowest BCUT2D eigenvalue weighted by Gasteiger charge is -2.16. The Hall–Kier alpha value is -2.39. The zero-order valence-corrected chi connectivity index (χ0v) is 9.19. The van der Waals surface area contributed by atoms with Gasteiger partial charge in [0.25, 0.3) is 0 Å². The molecule has 0 saturated carbocycles. The fraction of sp³-hybridized carbons (Fsp3) is 0.167. The van der Waals surface area contributed by atoms with Crippen LogP contribution in [-0.2, 0) is 16.0 Å². The van der Waals surface area contributed by atoms with E-state index in [4.69, 9.17) is 0 Å². The molecule has 1 aromatic carbocycles. The van der Waals surface area contributed by atoms with Gasteiger partial charge in [0.15, 0.2) is 5.84 Å². The average molecular weight is 230 g/mol. The van der Waals surface area contributed by atoms with Crippen LogP contribution in [0.4, 0.5) is 10.5 Å². The summed E-state index contributed by atoms with van der Waals surface area (Å²) in [6.07, 6.45) is -0.251. The lowest BCUT2D eigenvalue weighted by atomic mass is 10.0. The van der Waals surface area contributed by atoms with Crippen molar-refractivity contribution in [3.8, 4) is 0 Å². The first kappa shape index (κ1) is 11.1. The Morgan fingerprint density at radius 1 is 1.47 bits per heavy atom. The molecule has 0 atom stereocenters. The van der Waals surface area contributed by atoms with Crippen LogP contribution in [0.2, 0.25) is 0 Å². The summed E-state index contributed by atoms with van der Waals surface area (Å²) < 4.78 is 4.46. The summed E-state index contributed by atoms with van der Waals surface area (Å²) in [6.45, 7) is 0. The minimum absolute atomic E-state index is 0.200. The summed E-state index contributed by atoms with van der Waals surface area (Å²) in [5, 5.41) is 2.40. The van der Waals surface area contributed by atoms with Crippen molar-refractivity contribution in [3.05, 3.63) is 35.4 Å². The number of nitrogens with zero attached hydrogens (tertiary/aromatic N) is 1. The highest BCUT2D eigenvalue weighted by Gasteiger charge is 2.19. The molecule has 1 heterocycles. The number of alkyl carbamates (subject to hydrolysis) is 1. The Bertz CT molecular complexity index is 542. The number of amidine groups is 1. The highest BCUT2D eigenvalue weighted by atomic mass is 16.5. The van der Waals surface area contributed by atoms with Crippen LogP contribution in [0.5, 0.6) is 0 Å². The fourth-order valence-corrected chi connectivity index (χ4v) is 1.57. The molecule has 5 heteroatoms. The summed E-state index contributed by atoms with van der Waals surface area (Å²) in [7, 11) is 1.25. The number of aliphatic imine (C=N–C) groups is 1. The Balaban J connectivity index is 2.39. The van der Waals surface area contributed by atoms with Crippen LogP contribution in [-0.4, -0.2) is 25.0 Å². The number of para-hydroxylation sites is 1. The van der Waals surface area contributed by atoms with E-state index in [9.17, 15) is 9.59 Å². The van der Waals surface area contributed by atoms with E-state index in [1.807, 2.05) is 24.3 Å². The lowest BCUT2D eigenvalue weighted by molar-refractivity contribution is 0.177. The lowest BCUT2D eigenvalue weighted by Crippen LogP contribution is -2.33. The van der Waals surface area contributed by atoms with Crippen LogP contribution in [0.15, 0.2) is 34.8 Å². The Kier molecular flexibility index (Phi) is 3.03. The smallest absolute Gasteiger partial charge is 0.412 e. The number of carbonyl (C=O) groups excluding carboxylic acids is 2. The van der Waals surface area contributed by atoms with Gasteiger partial charge >= 0.3 is 6.09 Å². The molecule has 1 amide bonds. The van der Waals surface area contributed by atoms with Gasteiger partial charge in [-0.3, -0.25) is 5.32 Å². The molecular weight excluding hydrogens is 220 g/mol. The van der Waals surface area contributed by atoms with Gasteiger partial charge in [-0.05, 0) is 11.6 Å². The molecule has 1 aromatic rings. The molecule has 0 aliphatic carbocycles. The van der Waals surface area contributed by atoms with Gasteiger partial charge in [-0.1, -0.05) is 18.2 Å². The van der Waals surface area contributed by atoms with E-state index < -0.39 is 6.09 Å². The van der Waals surface area contributed by atoms with Gasteiger partial charge in [-0.2, -0.15) is 0 Å². The van der Waals surface area contributed by atoms with E-state index in [0.717, 1.165) is 11.3 Å². The summed E-state index contributed by atoms with van der Waals surface area (Å²) in [5.74, 6) is 1.99. The molecular formula is C12H10N2O3. The van der Waals surface area contributed by atoms with Crippen molar-refractivity contribution >= 4 is 23.6 Å². The van der Waals surface area contributed by atoms with Crippen molar-refractivity contribution in [2.45, 2.75) is 6.42 Å². The topological polar surface area (TPSA) is 67.8 Å². The number of hydrogen-bond donors (Lipinski definition) is 1. The second kappa shape index (κ2) is 4.63. The Morgan fingerprint density at radius 3 is 2.94 bits per heavy atom. The number of carbonyl (C=O) groups is 1. The monoisotopic (exact) mass is 230 g/mol. The number of rotatable bonds is 0. The third-order valence-corrected chi connectivity index (χ3v) is 2.41. The summed E-state index contributed by atoms with van der Waals surface area (Å²) in [4.78, 5) is 26.1. The number of methoxy groups -OCH3 is 1. The van der Waals surface area contributed by atoms with Crippen molar-refractivity contribution in [1.29, 1.82) is 0 Å². The maximum absolute atomic E-state index is 11.1. The standard InChI is InChI=1S/C12H10N2O3/c1-17-12(16)14-11-9(7-15)6-8-4-2-3-5-10(8)13-11/h2-5H,6H2,1H3,(H,13,14,16). The SMILES string of the molecule is COC(=O)NC1=Nc2ccccc2CC1=C=O. The Labute approximate surface area is 97.8 Å². The van der Waals surface area contributed by atoms with Crippen LogP contribution in [0.25, 0.3) is 0 Å². The van der Waals surface area contributed by atoms with E-state index in [1.165, 1.54) is 7.11 Å². The first-order valence-corrected chi connectivity index (χ1v) is 5.00. The zero-order chi connectivity index (χ0) is 12.3. The molecule has 2 rings (SSSR count). The summed E-state index contributed by atoms with van der Waals surface area (Å²) >= 11 is 0. The van der Waals surface area contributed by atoms with Crippen LogP contribution < -0.4 is 5.32 Å². The van der Waals surface area contributed by atoms with Crippen molar-refractivity contribution < 1.29 is 14.3 Å². The maximum Gasteiger partial charge on any atom is 0.412 e. The minimum Gasteiger partial charge on any atom is -0.453 e. The first-order valence-electron chi connectivity index (χ1n) is 5.00. The number of fused-ring (bicyclic) bond motifs is 1. The normalized spacial score (nSPS) is 13.2. The highest BCUT2D eigenvalue weighted by molar-refractivity contribution is 6.12. The number of hydrogen-bond acceptors (Lipinski definition) is 4. The van der Waals surface area contributed by atoms with Gasteiger partial charge in [0.2, 0.25) is 0 Å². The van der Waals surface area contributed by atoms with E-state index in [-0.39, 0.29) is 5.84 Å².